The van der Waals surface area contributed by atoms with Crippen molar-refractivity contribution in [3.8, 4) is 0 Å². The fourth-order valence-electron chi connectivity index (χ4n) is 4.82. The van der Waals surface area contributed by atoms with Crippen LogP contribution in [0.15, 0.2) is 23.2 Å². The van der Waals surface area contributed by atoms with Crippen LogP contribution in [-0.2, 0) is 33.3 Å². The summed E-state index contributed by atoms with van der Waals surface area (Å²) in [6, 6.07) is 0. The third-order valence-electron chi connectivity index (χ3n) is 7.01. The first-order valence-corrected chi connectivity index (χ1v) is 12.6. The van der Waals surface area contributed by atoms with Gasteiger partial charge in [-0.3, -0.25) is 0 Å². The number of hydrogen-bond acceptors (Lipinski definition) is 8. The molecule has 2 aliphatic carbocycles. The van der Waals surface area contributed by atoms with Gasteiger partial charge in [-0.15, -0.1) is 0 Å². The summed E-state index contributed by atoms with van der Waals surface area (Å²) >= 11 is 0. The molecule has 9 heteroatoms. The molecule has 0 amide bonds. The Bertz CT molecular complexity index is 802. The molecule has 0 aromatic carbocycles. The first-order chi connectivity index (χ1) is 16.3. The average Bonchev–Trinajstić information content (AvgIpc) is 2.80. The van der Waals surface area contributed by atoms with Gasteiger partial charge >= 0.3 is 17.9 Å². The maximum Gasteiger partial charge on any atom is 0.348 e. The van der Waals surface area contributed by atoms with Gasteiger partial charge in [-0.2, -0.15) is 0 Å². The number of ether oxygens (including phenoxy) is 4. The van der Waals surface area contributed by atoms with Crippen molar-refractivity contribution in [3.63, 3.8) is 0 Å². The molecule has 2 spiro atoms. The molecular weight excluding hydrogens is 442 g/mol. The number of nitrogens with one attached hydrogen (secondary N) is 1. The largest absolute Gasteiger partial charge is 0.574 e. The lowest BCUT2D eigenvalue weighted by atomic mass is 9.92. The molecule has 0 bridgehead atoms. The van der Waals surface area contributed by atoms with Gasteiger partial charge in [0, 0.05) is 12.8 Å². The van der Waals surface area contributed by atoms with E-state index in [9.17, 15) is 19.5 Å². The van der Waals surface area contributed by atoms with E-state index in [0.717, 1.165) is 44.6 Å². The van der Waals surface area contributed by atoms with Crippen LogP contribution in [0.3, 0.4) is 0 Å². The molecule has 0 aromatic heterocycles. The Morgan fingerprint density at radius 3 is 1.50 bits per heavy atom. The standard InChI is InChI=1S/C19H22O8.C6H15N/c20-14-12(15(21)25-18(24-14)7-3-1-4-8-18)11-13-16(22)26-19(27-17(13)23)9-5-2-6-10-19;1-4-7(5-2)6-3/h11,20H,1-10H2;4-6H2,1-3H3. The molecule has 2 aliphatic heterocycles. The molecule has 2 saturated carbocycles. The molecule has 1 N–H and O–H groups in total. The Kier molecular flexibility index (Phi) is 8.62. The highest BCUT2D eigenvalue weighted by Gasteiger charge is 2.47. The average molecular weight is 480 g/mol. The number of esters is 3. The maximum absolute atomic E-state index is 12.4. The third-order valence-corrected chi connectivity index (χ3v) is 7.01. The Balaban J connectivity index is 0.000000406. The number of carbonyl (C=O) groups excluding carboxylic acids is 3. The lowest BCUT2D eigenvalue weighted by Crippen LogP contribution is -3.11. The van der Waals surface area contributed by atoms with Gasteiger partial charge in [-0.05, 0) is 65.4 Å². The summed E-state index contributed by atoms with van der Waals surface area (Å²) < 4.78 is 21.4. The molecule has 190 valence electrons. The SMILES string of the molecule is CC[NH+](CC)CC.O=C1OC2(CCCCC2)OC(=O)C1=CC1=C([O-])OC2(CCCCC2)OC1=O. The molecule has 0 atom stereocenters. The topological polar surface area (TPSA) is 116 Å². The minimum Gasteiger partial charge on any atom is -0.574 e. The lowest BCUT2D eigenvalue weighted by Gasteiger charge is -2.46. The fourth-order valence-corrected chi connectivity index (χ4v) is 4.82. The quantitative estimate of drug-likeness (QED) is 0.366. The van der Waals surface area contributed by atoms with Crippen LogP contribution in [0.25, 0.3) is 0 Å². The predicted molar refractivity (Wildman–Crippen MR) is 119 cm³/mol. The van der Waals surface area contributed by atoms with Gasteiger partial charge in [0.15, 0.2) is 5.79 Å². The van der Waals surface area contributed by atoms with Gasteiger partial charge in [0.25, 0.3) is 5.79 Å². The van der Waals surface area contributed by atoms with Crippen LogP contribution >= 0.6 is 0 Å². The Hall–Kier alpha value is -2.55. The second-order valence-corrected chi connectivity index (χ2v) is 9.28. The lowest BCUT2D eigenvalue weighted by molar-refractivity contribution is -0.894. The highest BCUT2D eigenvalue weighted by atomic mass is 16.8. The van der Waals surface area contributed by atoms with Gasteiger partial charge in [0.2, 0.25) is 0 Å². The summed E-state index contributed by atoms with van der Waals surface area (Å²) in [5.41, 5.74) is -1.01. The van der Waals surface area contributed by atoms with Gasteiger partial charge in [0.1, 0.15) is 5.57 Å². The molecule has 4 rings (SSSR count). The van der Waals surface area contributed by atoms with E-state index in [1.54, 1.807) is 4.90 Å². The first-order valence-electron chi connectivity index (χ1n) is 12.6. The summed E-state index contributed by atoms with van der Waals surface area (Å²) in [5.74, 6) is -6.07. The van der Waals surface area contributed by atoms with Crippen LogP contribution in [-0.4, -0.2) is 49.1 Å². The highest BCUT2D eigenvalue weighted by Crippen LogP contribution is 2.40. The van der Waals surface area contributed by atoms with Crippen molar-refractivity contribution in [3.05, 3.63) is 23.2 Å². The van der Waals surface area contributed by atoms with E-state index < -0.39 is 46.6 Å². The van der Waals surface area contributed by atoms with Crippen molar-refractivity contribution < 1.29 is 43.3 Å². The van der Waals surface area contributed by atoms with Gasteiger partial charge in [0.05, 0.1) is 31.2 Å². The van der Waals surface area contributed by atoms with Crippen LogP contribution in [0, 0.1) is 0 Å². The van der Waals surface area contributed by atoms with E-state index in [4.69, 9.17) is 18.9 Å². The molecule has 3 fully saturated rings. The van der Waals surface area contributed by atoms with Crippen molar-refractivity contribution in [2.24, 2.45) is 0 Å². The number of hydrogen-bond donors (Lipinski definition) is 1. The zero-order valence-electron chi connectivity index (χ0n) is 20.5. The molecule has 9 nitrogen and oxygen atoms in total. The van der Waals surface area contributed by atoms with Gasteiger partial charge < -0.3 is 29.0 Å². The second-order valence-electron chi connectivity index (χ2n) is 9.28. The van der Waals surface area contributed by atoms with Crippen LogP contribution < -0.4 is 10.0 Å². The molecule has 0 unspecified atom stereocenters. The Morgan fingerprint density at radius 2 is 1.12 bits per heavy atom. The Labute approximate surface area is 201 Å². The van der Waals surface area contributed by atoms with Crippen LogP contribution in [0.4, 0.5) is 0 Å². The number of quaternary nitrogens is 1. The van der Waals surface area contributed by atoms with Crippen LogP contribution in [0.1, 0.15) is 85.0 Å². The van der Waals surface area contributed by atoms with Crippen molar-refractivity contribution in [1.82, 2.24) is 0 Å². The molecular formula is C25H37NO8. The zero-order chi connectivity index (χ0) is 24.8. The Morgan fingerprint density at radius 1 is 0.706 bits per heavy atom. The molecule has 4 aliphatic rings. The van der Waals surface area contributed by atoms with Crippen molar-refractivity contribution in [2.75, 3.05) is 19.6 Å². The summed E-state index contributed by atoms with van der Waals surface area (Å²) in [5, 5.41) is 12.4. The van der Waals surface area contributed by atoms with Gasteiger partial charge in [-0.25, -0.2) is 14.4 Å². The number of carbonyl (C=O) groups is 3. The van der Waals surface area contributed by atoms with E-state index >= 15 is 0 Å². The van der Waals surface area contributed by atoms with Crippen molar-refractivity contribution >= 4 is 17.9 Å². The third kappa shape index (κ3) is 5.92. The molecule has 0 aromatic rings. The van der Waals surface area contributed by atoms with E-state index in [1.807, 2.05) is 0 Å². The summed E-state index contributed by atoms with van der Waals surface area (Å²) in [4.78, 5) is 38.7. The maximum atomic E-state index is 12.4. The second kappa shape index (κ2) is 11.3. The summed E-state index contributed by atoms with van der Waals surface area (Å²) in [6.45, 7) is 10.5. The molecule has 2 heterocycles. The van der Waals surface area contributed by atoms with E-state index in [-0.39, 0.29) is 0 Å². The zero-order valence-corrected chi connectivity index (χ0v) is 20.5. The van der Waals surface area contributed by atoms with Crippen molar-refractivity contribution in [2.45, 2.75) is 96.6 Å². The van der Waals surface area contributed by atoms with Crippen LogP contribution in [0.2, 0.25) is 0 Å². The summed E-state index contributed by atoms with van der Waals surface area (Å²) in [7, 11) is 0. The predicted octanol–water partition coefficient (Wildman–Crippen LogP) is 1.41. The minimum atomic E-state index is -1.23. The van der Waals surface area contributed by atoms with E-state index in [1.165, 1.54) is 19.6 Å². The monoisotopic (exact) mass is 479 g/mol. The van der Waals surface area contributed by atoms with Gasteiger partial charge in [-0.1, -0.05) is 12.8 Å². The van der Waals surface area contributed by atoms with E-state index in [0.29, 0.717) is 25.7 Å². The summed E-state index contributed by atoms with van der Waals surface area (Å²) in [6.07, 6.45) is 7.77. The first kappa shape index (κ1) is 26.1. The molecule has 1 saturated heterocycles. The highest BCUT2D eigenvalue weighted by molar-refractivity contribution is 6.16. The fraction of sp³-hybridized carbons (Fsp3) is 0.720. The molecule has 34 heavy (non-hydrogen) atoms. The minimum absolute atomic E-state index is 0.445. The van der Waals surface area contributed by atoms with E-state index in [2.05, 4.69) is 20.8 Å². The van der Waals surface area contributed by atoms with Crippen molar-refractivity contribution in [1.29, 1.82) is 0 Å². The number of rotatable bonds is 4. The normalized spacial score (nSPS) is 23.5. The van der Waals surface area contributed by atoms with Crippen LogP contribution in [0.5, 0.6) is 0 Å². The smallest absolute Gasteiger partial charge is 0.348 e. The molecule has 0 radical (unpaired) electrons.